The van der Waals surface area contributed by atoms with Crippen LogP contribution in [0.15, 0.2) is 59.2 Å². The molecule has 214 valence electrons. The van der Waals surface area contributed by atoms with Crippen molar-refractivity contribution in [3.05, 3.63) is 81.5 Å². The lowest BCUT2D eigenvalue weighted by Gasteiger charge is -2.36. The number of nitriles is 1. The van der Waals surface area contributed by atoms with Crippen LogP contribution in [0.1, 0.15) is 22.8 Å². The Bertz CT molecular complexity index is 1890. The van der Waals surface area contributed by atoms with E-state index in [1.165, 1.54) is 23.2 Å². The van der Waals surface area contributed by atoms with E-state index in [0.29, 0.717) is 17.6 Å². The molecule has 11 nitrogen and oxygen atoms in total. The summed E-state index contributed by atoms with van der Waals surface area (Å²) in [6.07, 6.45) is 4.43. The Balaban J connectivity index is 1.38. The summed E-state index contributed by atoms with van der Waals surface area (Å²) in [4.78, 5) is 52.3. The predicted molar refractivity (Wildman–Crippen MR) is 154 cm³/mol. The molecule has 0 bridgehead atoms. The van der Waals surface area contributed by atoms with E-state index in [1.54, 1.807) is 27.2 Å². The second kappa shape index (κ2) is 11.2. The zero-order valence-corrected chi connectivity index (χ0v) is 22.7. The number of pyridine rings is 1. The number of aromatic nitrogens is 2. The van der Waals surface area contributed by atoms with Crippen LogP contribution in [0.5, 0.6) is 0 Å². The fourth-order valence-corrected chi connectivity index (χ4v) is 5.36. The molecule has 3 N–H and O–H groups in total. The standard InChI is InChI=1S/C30H27FN6O5/c1-2-34-16-22(30(41)42)28(39)21-12-23(31)26(13-25(21)34)35-7-9-36(10-8-35)29(40)18(14-32)11-19-15-37(17-27(33)38)24-6-4-3-5-20(19)24/h3-6,11-13,15-16H,2,7-10,17H2,1H3,(H2,33,38)(H,41,42)/b18-11+. The largest absolute Gasteiger partial charge is 0.477 e. The summed E-state index contributed by atoms with van der Waals surface area (Å²) in [6.45, 7) is 3.09. The number of para-hydroxylation sites is 1. The van der Waals surface area contributed by atoms with Gasteiger partial charge in [0.2, 0.25) is 11.3 Å². The van der Waals surface area contributed by atoms with Crippen molar-refractivity contribution in [2.75, 3.05) is 31.1 Å². The number of nitrogens with zero attached hydrogens (tertiary/aromatic N) is 5. The highest BCUT2D eigenvalue weighted by Crippen LogP contribution is 2.28. The number of carboxylic acid groups (broad SMARTS) is 1. The lowest BCUT2D eigenvalue weighted by atomic mass is 10.1. The van der Waals surface area contributed by atoms with Crippen molar-refractivity contribution in [2.45, 2.75) is 20.0 Å². The molecule has 0 radical (unpaired) electrons. The first-order valence-corrected chi connectivity index (χ1v) is 13.2. The molecule has 2 aromatic heterocycles. The third-order valence-electron chi connectivity index (χ3n) is 7.42. The number of carbonyl (C=O) groups excluding carboxylic acids is 2. The number of hydrogen-bond acceptors (Lipinski definition) is 6. The van der Waals surface area contributed by atoms with E-state index in [2.05, 4.69) is 0 Å². The van der Waals surface area contributed by atoms with Crippen molar-refractivity contribution in [1.29, 1.82) is 5.26 Å². The number of hydrogen-bond donors (Lipinski definition) is 2. The molecule has 0 atom stereocenters. The number of nitrogens with two attached hydrogens (primary N) is 1. The fourth-order valence-electron chi connectivity index (χ4n) is 5.36. The molecular formula is C30H27FN6O5. The first-order chi connectivity index (χ1) is 20.1. The average Bonchev–Trinajstić information content (AvgIpc) is 3.32. The Kier molecular flexibility index (Phi) is 7.50. The van der Waals surface area contributed by atoms with Crippen molar-refractivity contribution < 1.29 is 23.9 Å². The van der Waals surface area contributed by atoms with E-state index >= 15 is 4.39 Å². The number of carbonyl (C=O) groups is 3. The van der Waals surface area contributed by atoms with Crippen LogP contribution in [0.3, 0.4) is 0 Å². The van der Waals surface area contributed by atoms with E-state index in [0.717, 1.165) is 17.0 Å². The van der Waals surface area contributed by atoms with Gasteiger partial charge in [0.15, 0.2) is 0 Å². The third kappa shape index (κ3) is 5.08. The van der Waals surface area contributed by atoms with E-state index < -0.39 is 34.6 Å². The molecule has 1 aliphatic heterocycles. The summed E-state index contributed by atoms with van der Waals surface area (Å²) in [6, 6.07) is 11.9. The van der Waals surface area contributed by atoms with Gasteiger partial charge < -0.3 is 29.8 Å². The molecule has 3 heterocycles. The van der Waals surface area contributed by atoms with Crippen LogP contribution in [-0.2, 0) is 22.7 Å². The van der Waals surface area contributed by atoms with Crippen molar-refractivity contribution in [2.24, 2.45) is 5.73 Å². The van der Waals surface area contributed by atoms with Gasteiger partial charge in [-0.1, -0.05) is 18.2 Å². The molecule has 12 heteroatoms. The number of aromatic carboxylic acids is 1. The van der Waals surface area contributed by atoms with Gasteiger partial charge in [-0.25, -0.2) is 9.18 Å². The predicted octanol–water partition coefficient (Wildman–Crippen LogP) is 2.55. The zero-order valence-electron chi connectivity index (χ0n) is 22.7. The maximum absolute atomic E-state index is 15.2. The number of rotatable bonds is 7. The van der Waals surface area contributed by atoms with Crippen LogP contribution in [0.2, 0.25) is 0 Å². The van der Waals surface area contributed by atoms with Crippen molar-refractivity contribution >= 4 is 51.4 Å². The molecule has 0 unspecified atom stereocenters. The van der Waals surface area contributed by atoms with Crippen LogP contribution in [0.25, 0.3) is 27.9 Å². The zero-order chi connectivity index (χ0) is 30.1. The summed E-state index contributed by atoms with van der Waals surface area (Å²) >= 11 is 0. The maximum Gasteiger partial charge on any atom is 0.341 e. The summed E-state index contributed by atoms with van der Waals surface area (Å²) in [5.41, 5.74) is 6.10. The third-order valence-corrected chi connectivity index (χ3v) is 7.42. The van der Waals surface area contributed by atoms with Gasteiger partial charge in [0.05, 0.1) is 11.2 Å². The number of carboxylic acids is 1. The molecule has 1 saturated heterocycles. The van der Waals surface area contributed by atoms with E-state index in [4.69, 9.17) is 5.73 Å². The van der Waals surface area contributed by atoms with Gasteiger partial charge in [0.1, 0.15) is 29.6 Å². The number of piperazine rings is 1. The maximum atomic E-state index is 15.2. The van der Waals surface area contributed by atoms with Crippen LogP contribution in [0, 0.1) is 17.1 Å². The highest BCUT2D eigenvalue weighted by molar-refractivity contribution is 6.04. The SMILES string of the molecule is CCn1cc(C(=O)O)c(=O)c2cc(F)c(N3CCN(C(=O)/C(C#N)=C/c4cn(CC(N)=O)c5ccccc45)CC3)cc21. The Morgan fingerprint density at radius 3 is 2.40 bits per heavy atom. The fraction of sp³-hybridized carbons (Fsp3) is 0.233. The number of anilines is 1. The molecule has 4 aromatic rings. The number of aryl methyl sites for hydroxylation is 1. The second-order valence-electron chi connectivity index (χ2n) is 9.93. The smallest absolute Gasteiger partial charge is 0.341 e. The number of fused-ring (bicyclic) bond motifs is 2. The Morgan fingerprint density at radius 2 is 1.76 bits per heavy atom. The monoisotopic (exact) mass is 570 g/mol. The van der Waals surface area contributed by atoms with Crippen LogP contribution >= 0.6 is 0 Å². The average molecular weight is 571 g/mol. The van der Waals surface area contributed by atoms with Gasteiger partial charge in [-0.15, -0.1) is 0 Å². The Morgan fingerprint density at radius 1 is 1.05 bits per heavy atom. The number of benzene rings is 2. The van der Waals surface area contributed by atoms with E-state index in [-0.39, 0.29) is 49.4 Å². The number of amides is 2. The highest BCUT2D eigenvalue weighted by atomic mass is 19.1. The van der Waals surface area contributed by atoms with Crippen molar-refractivity contribution in [3.8, 4) is 6.07 Å². The second-order valence-corrected chi connectivity index (χ2v) is 9.93. The van der Waals surface area contributed by atoms with Gasteiger partial charge in [-0.05, 0) is 31.2 Å². The van der Waals surface area contributed by atoms with Crippen LogP contribution < -0.4 is 16.1 Å². The van der Waals surface area contributed by atoms with Gasteiger partial charge in [-0.2, -0.15) is 5.26 Å². The van der Waals surface area contributed by atoms with E-state index in [9.17, 15) is 29.5 Å². The quantitative estimate of drug-likeness (QED) is 0.256. The van der Waals surface area contributed by atoms with Crippen LogP contribution in [-0.4, -0.2) is 63.1 Å². The normalized spacial score (nSPS) is 13.9. The first kappa shape index (κ1) is 28.1. The Labute approximate surface area is 239 Å². The summed E-state index contributed by atoms with van der Waals surface area (Å²) < 4.78 is 18.5. The lowest BCUT2D eigenvalue weighted by Crippen LogP contribution is -2.49. The van der Waals surface area contributed by atoms with Gasteiger partial charge >= 0.3 is 5.97 Å². The molecule has 1 fully saturated rings. The van der Waals surface area contributed by atoms with Gasteiger partial charge in [-0.3, -0.25) is 14.4 Å². The molecule has 1 aliphatic rings. The van der Waals surface area contributed by atoms with Crippen molar-refractivity contribution in [3.63, 3.8) is 0 Å². The van der Waals surface area contributed by atoms with Crippen molar-refractivity contribution in [1.82, 2.24) is 14.0 Å². The Hall–Kier alpha value is -5.44. The summed E-state index contributed by atoms with van der Waals surface area (Å²) in [5, 5.41) is 19.9. The topological polar surface area (TPSA) is 155 Å². The van der Waals surface area contributed by atoms with Crippen LogP contribution in [0.4, 0.5) is 10.1 Å². The minimum absolute atomic E-state index is 0.0206. The molecule has 0 spiro atoms. The molecule has 2 aromatic carbocycles. The first-order valence-electron chi connectivity index (χ1n) is 13.2. The molecule has 2 amide bonds. The number of primary amides is 1. The summed E-state index contributed by atoms with van der Waals surface area (Å²) in [5.74, 6) is -3.04. The minimum Gasteiger partial charge on any atom is -0.477 e. The van der Waals surface area contributed by atoms with Gasteiger partial charge in [0.25, 0.3) is 5.91 Å². The molecule has 0 aliphatic carbocycles. The molecule has 5 rings (SSSR count). The molecule has 42 heavy (non-hydrogen) atoms. The van der Waals surface area contributed by atoms with E-state index in [1.807, 2.05) is 30.3 Å². The molecular weight excluding hydrogens is 543 g/mol. The number of halogens is 1. The highest BCUT2D eigenvalue weighted by Gasteiger charge is 2.26. The minimum atomic E-state index is -1.38. The summed E-state index contributed by atoms with van der Waals surface area (Å²) in [7, 11) is 0. The lowest BCUT2D eigenvalue weighted by molar-refractivity contribution is -0.127. The van der Waals surface area contributed by atoms with Gasteiger partial charge in [0, 0.05) is 67.0 Å². The molecule has 0 saturated carbocycles.